The summed E-state index contributed by atoms with van der Waals surface area (Å²) in [4.78, 5) is 13.7. The van der Waals surface area contributed by atoms with E-state index in [1.54, 1.807) is 6.08 Å². The van der Waals surface area contributed by atoms with Crippen molar-refractivity contribution in [2.75, 3.05) is 0 Å². The minimum Gasteiger partial charge on any atom is -0.508 e. The molecule has 1 aromatic heterocycles. The number of allylic oxidation sites excluding steroid dienone is 4. The molecule has 6 nitrogen and oxygen atoms in total. The van der Waals surface area contributed by atoms with Gasteiger partial charge in [-0.15, -0.1) is 0 Å². The zero-order valence-electron chi connectivity index (χ0n) is 22.5. The van der Waals surface area contributed by atoms with E-state index in [1.807, 2.05) is 39.8 Å². The lowest BCUT2D eigenvalue weighted by atomic mass is 9.93. The summed E-state index contributed by atoms with van der Waals surface area (Å²) in [5.74, 6) is -0.198. The lowest BCUT2D eigenvalue weighted by Crippen LogP contribution is -2.28. The van der Waals surface area contributed by atoms with Gasteiger partial charge in [0.2, 0.25) is 5.43 Å². The molecule has 3 N–H and O–H groups in total. The number of rotatable bonds is 7. The fraction of sp³-hybridized carbons (Fsp3) is 0.387. The van der Waals surface area contributed by atoms with Crippen LogP contribution in [0, 0.1) is 0 Å². The van der Waals surface area contributed by atoms with E-state index in [0.29, 0.717) is 48.1 Å². The number of hydrogen-bond donors (Lipinski definition) is 3. The third-order valence-corrected chi connectivity index (χ3v) is 6.93. The number of hydrogen-bond acceptors (Lipinski definition) is 6. The van der Waals surface area contributed by atoms with Crippen LogP contribution in [0.25, 0.3) is 28.0 Å². The van der Waals surface area contributed by atoms with E-state index in [4.69, 9.17) is 9.15 Å². The van der Waals surface area contributed by atoms with Gasteiger partial charge in [-0.25, -0.2) is 0 Å². The topological polar surface area (TPSA) is 100 Å². The maximum atomic E-state index is 13.7. The van der Waals surface area contributed by atoms with E-state index >= 15 is 0 Å². The van der Waals surface area contributed by atoms with Crippen LogP contribution in [-0.2, 0) is 12.8 Å². The number of phenolic OH excluding ortho intramolecular Hbond substituents is 3. The summed E-state index contributed by atoms with van der Waals surface area (Å²) >= 11 is 0. The standard InChI is InChI=1S/C31H36O6/c1-7-18(4)11-9-13-21-28-20(14-15-31(5,6)37-28)25(33)24-26(34)22-16-23(32)19(12-8-10-17(2)3)27(35)30(22)36-29(21)24/h10-11,14-16,32-33,35H,7-9,12-13H2,1-6H3. The smallest absolute Gasteiger partial charge is 0.204 e. The Morgan fingerprint density at radius 3 is 2.32 bits per heavy atom. The van der Waals surface area contributed by atoms with Crippen molar-refractivity contribution in [2.45, 2.75) is 79.2 Å². The van der Waals surface area contributed by atoms with E-state index in [0.717, 1.165) is 12.0 Å². The lowest BCUT2D eigenvalue weighted by Gasteiger charge is -2.30. The van der Waals surface area contributed by atoms with Crippen LogP contribution in [0.3, 0.4) is 0 Å². The molecule has 3 aromatic rings. The van der Waals surface area contributed by atoms with Crippen molar-refractivity contribution in [3.63, 3.8) is 0 Å². The van der Waals surface area contributed by atoms with Crippen LogP contribution in [0.5, 0.6) is 23.0 Å². The molecule has 0 saturated heterocycles. The van der Waals surface area contributed by atoms with Gasteiger partial charge < -0.3 is 24.5 Å². The first-order chi connectivity index (χ1) is 17.4. The van der Waals surface area contributed by atoms with Crippen LogP contribution in [0.2, 0.25) is 0 Å². The van der Waals surface area contributed by atoms with E-state index in [9.17, 15) is 20.1 Å². The average molecular weight is 505 g/mol. The maximum absolute atomic E-state index is 13.7. The Labute approximate surface area is 217 Å². The molecule has 0 saturated carbocycles. The van der Waals surface area contributed by atoms with Gasteiger partial charge in [0.05, 0.1) is 10.9 Å². The third-order valence-electron chi connectivity index (χ3n) is 6.93. The number of benzene rings is 2. The quantitative estimate of drug-likeness (QED) is 0.228. The van der Waals surface area contributed by atoms with E-state index in [2.05, 4.69) is 19.9 Å². The van der Waals surface area contributed by atoms with Crippen LogP contribution in [0.15, 0.2) is 44.7 Å². The molecule has 0 radical (unpaired) electrons. The van der Waals surface area contributed by atoms with Crippen LogP contribution in [-0.4, -0.2) is 20.9 Å². The monoisotopic (exact) mass is 504 g/mol. The average Bonchev–Trinajstić information content (AvgIpc) is 2.82. The second-order valence-electron chi connectivity index (χ2n) is 10.6. The highest BCUT2D eigenvalue weighted by atomic mass is 16.5. The molecule has 0 fully saturated rings. The van der Waals surface area contributed by atoms with Gasteiger partial charge in [-0.3, -0.25) is 4.79 Å². The minimum absolute atomic E-state index is 0.00556. The van der Waals surface area contributed by atoms with Crippen molar-refractivity contribution in [3.8, 4) is 23.0 Å². The number of aryl methyl sites for hydroxylation is 1. The van der Waals surface area contributed by atoms with Crippen LogP contribution in [0.4, 0.5) is 0 Å². The summed E-state index contributed by atoms with van der Waals surface area (Å²) in [5, 5.41) is 33.0. The van der Waals surface area contributed by atoms with Crippen molar-refractivity contribution in [3.05, 3.63) is 62.4 Å². The summed E-state index contributed by atoms with van der Waals surface area (Å²) in [6.45, 7) is 12.0. The molecule has 4 rings (SSSR count). The minimum atomic E-state index is -0.611. The molecule has 0 unspecified atom stereocenters. The van der Waals surface area contributed by atoms with Crippen molar-refractivity contribution in [2.24, 2.45) is 0 Å². The summed E-state index contributed by atoms with van der Waals surface area (Å²) in [6, 6.07) is 1.32. The third kappa shape index (κ3) is 4.97. The molecule has 2 aromatic carbocycles. The Morgan fingerprint density at radius 1 is 0.973 bits per heavy atom. The van der Waals surface area contributed by atoms with Gasteiger partial charge in [-0.1, -0.05) is 30.2 Å². The van der Waals surface area contributed by atoms with E-state index in [-0.39, 0.29) is 39.2 Å². The SMILES string of the molecule is CCC(C)=CCCc1c2c(c(O)c3c(=O)c4cc(O)c(CCC=C(C)C)c(O)c4oc13)C=CC(C)(C)O2. The molecule has 0 aliphatic carbocycles. The Kier molecular flexibility index (Phi) is 7.13. The number of fused-ring (bicyclic) bond motifs is 3. The van der Waals surface area contributed by atoms with Gasteiger partial charge in [0, 0.05) is 11.1 Å². The lowest BCUT2D eigenvalue weighted by molar-refractivity contribution is 0.156. The second-order valence-corrected chi connectivity index (χ2v) is 10.6. The first-order valence-electron chi connectivity index (χ1n) is 12.8. The first kappa shape index (κ1) is 26.4. The Hall–Kier alpha value is -3.67. The van der Waals surface area contributed by atoms with Gasteiger partial charge in [0.25, 0.3) is 0 Å². The molecule has 0 spiro atoms. The predicted molar refractivity (Wildman–Crippen MR) is 149 cm³/mol. The van der Waals surface area contributed by atoms with Crippen LogP contribution in [0.1, 0.15) is 77.5 Å². The van der Waals surface area contributed by atoms with Crippen LogP contribution < -0.4 is 10.2 Å². The largest absolute Gasteiger partial charge is 0.508 e. The Bertz CT molecular complexity index is 1530. The maximum Gasteiger partial charge on any atom is 0.204 e. The normalized spacial score (nSPS) is 14.6. The zero-order chi connectivity index (χ0) is 27.1. The summed E-state index contributed by atoms with van der Waals surface area (Å²) in [7, 11) is 0. The highest BCUT2D eigenvalue weighted by molar-refractivity contribution is 6.01. The van der Waals surface area contributed by atoms with Gasteiger partial charge in [-0.2, -0.15) is 0 Å². The van der Waals surface area contributed by atoms with Gasteiger partial charge in [0.1, 0.15) is 33.8 Å². The Morgan fingerprint density at radius 2 is 1.65 bits per heavy atom. The predicted octanol–water partition coefficient (Wildman–Crippen LogP) is 7.43. The molecule has 196 valence electrons. The highest BCUT2D eigenvalue weighted by Crippen LogP contribution is 2.46. The van der Waals surface area contributed by atoms with Gasteiger partial charge in [-0.05, 0) is 84.9 Å². The molecule has 1 aliphatic heterocycles. The van der Waals surface area contributed by atoms with Crippen molar-refractivity contribution >= 4 is 28.0 Å². The first-order valence-corrected chi connectivity index (χ1v) is 12.8. The van der Waals surface area contributed by atoms with E-state index in [1.165, 1.54) is 11.6 Å². The molecule has 37 heavy (non-hydrogen) atoms. The van der Waals surface area contributed by atoms with Crippen LogP contribution >= 0.6 is 0 Å². The number of phenols is 3. The summed E-state index contributed by atoms with van der Waals surface area (Å²) < 4.78 is 12.5. The fourth-order valence-electron chi connectivity index (χ4n) is 4.71. The van der Waals surface area contributed by atoms with Crippen molar-refractivity contribution in [1.82, 2.24) is 0 Å². The van der Waals surface area contributed by atoms with Crippen molar-refractivity contribution < 1.29 is 24.5 Å². The molecular formula is C31H36O6. The number of aromatic hydroxyl groups is 3. The van der Waals surface area contributed by atoms with Gasteiger partial charge >= 0.3 is 0 Å². The fourth-order valence-corrected chi connectivity index (χ4v) is 4.71. The second kappa shape index (κ2) is 10.0. The molecule has 0 amide bonds. The van der Waals surface area contributed by atoms with Crippen molar-refractivity contribution in [1.29, 1.82) is 0 Å². The summed E-state index contributed by atoms with van der Waals surface area (Å²) in [6.07, 6.45) is 10.9. The van der Waals surface area contributed by atoms with Gasteiger partial charge in [0.15, 0.2) is 11.3 Å². The molecule has 1 aliphatic rings. The number of ether oxygens (including phenoxy) is 1. The van der Waals surface area contributed by atoms with E-state index < -0.39 is 11.0 Å². The zero-order valence-corrected chi connectivity index (χ0v) is 22.5. The molecule has 2 heterocycles. The molecule has 6 heteroatoms. The molecular weight excluding hydrogens is 468 g/mol. The molecule has 0 bridgehead atoms. The summed E-state index contributed by atoms with van der Waals surface area (Å²) in [5.41, 5.74) is 2.85. The molecule has 0 atom stereocenters. The Balaban J connectivity index is 2.03. The highest BCUT2D eigenvalue weighted by Gasteiger charge is 2.31.